The van der Waals surface area contributed by atoms with Crippen molar-refractivity contribution in [2.24, 2.45) is 5.92 Å². The summed E-state index contributed by atoms with van der Waals surface area (Å²) in [5.74, 6) is 0.164. The molecule has 28 heavy (non-hydrogen) atoms. The van der Waals surface area contributed by atoms with Gasteiger partial charge in [0.1, 0.15) is 5.82 Å². The molecule has 1 aliphatic carbocycles. The van der Waals surface area contributed by atoms with E-state index in [0.717, 1.165) is 31.2 Å². The highest BCUT2D eigenvalue weighted by Crippen LogP contribution is 2.30. The van der Waals surface area contributed by atoms with Crippen LogP contribution in [0.4, 0.5) is 5.82 Å². The lowest BCUT2D eigenvalue weighted by Gasteiger charge is -2.23. The maximum Gasteiger partial charge on any atom is 0.230 e. The number of nitrogens with one attached hydrogen (secondary N) is 1. The van der Waals surface area contributed by atoms with Crippen LogP contribution in [-0.2, 0) is 16.1 Å². The van der Waals surface area contributed by atoms with E-state index in [9.17, 15) is 9.59 Å². The number of hydrogen-bond acceptors (Lipinski definition) is 3. The molecule has 1 aromatic carbocycles. The molecule has 2 aliphatic rings. The van der Waals surface area contributed by atoms with Crippen molar-refractivity contribution in [3.8, 4) is 0 Å². The van der Waals surface area contributed by atoms with Gasteiger partial charge in [-0.25, -0.2) is 4.68 Å². The van der Waals surface area contributed by atoms with Gasteiger partial charge in [-0.1, -0.05) is 42.1 Å². The highest BCUT2D eigenvalue weighted by Gasteiger charge is 2.38. The van der Waals surface area contributed by atoms with Crippen LogP contribution in [0.5, 0.6) is 0 Å². The Bertz CT molecular complexity index is 872. The molecule has 1 saturated heterocycles. The number of rotatable bonds is 5. The minimum absolute atomic E-state index is 0.0865. The number of aromatic nitrogens is 2. The lowest BCUT2D eigenvalue weighted by atomic mass is 10.1. The molecule has 6 nitrogen and oxygen atoms in total. The molecule has 1 aliphatic heterocycles. The van der Waals surface area contributed by atoms with Crippen LogP contribution in [0.15, 0.2) is 30.5 Å². The van der Waals surface area contributed by atoms with E-state index in [1.807, 2.05) is 4.90 Å². The average Bonchev–Trinajstić information content (AvgIpc) is 3.39. The van der Waals surface area contributed by atoms with Crippen LogP contribution < -0.4 is 5.32 Å². The number of carbonyl (C=O) groups excluding carboxylic acids is 2. The predicted octanol–water partition coefficient (Wildman–Crippen LogP) is 3.97. The topological polar surface area (TPSA) is 67.2 Å². The van der Waals surface area contributed by atoms with Gasteiger partial charge in [0.15, 0.2) is 0 Å². The Morgan fingerprint density at radius 3 is 2.61 bits per heavy atom. The molecule has 1 saturated carbocycles. The maximum absolute atomic E-state index is 12.8. The summed E-state index contributed by atoms with van der Waals surface area (Å²) in [6, 6.07) is 7.36. The standard InChI is InChI=1S/C20H22Cl2N4O2/c21-16-6-3-7-17(22)15(16)12-26-18(8-9-23-26)24-20(28)13-10-19(27)25(11-13)14-4-1-2-5-14/h3,6-9,13-14H,1-2,4-5,10-12H2,(H,24,28). The van der Waals surface area contributed by atoms with Crippen molar-refractivity contribution >= 4 is 40.8 Å². The fraction of sp³-hybridized carbons (Fsp3) is 0.450. The van der Waals surface area contributed by atoms with Gasteiger partial charge in [-0.2, -0.15) is 5.10 Å². The molecule has 4 rings (SSSR count). The van der Waals surface area contributed by atoms with E-state index in [1.165, 1.54) is 0 Å². The van der Waals surface area contributed by atoms with Gasteiger partial charge < -0.3 is 10.2 Å². The molecule has 8 heteroatoms. The number of nitrogens with zero attached hydrogens (tertiary/aromatic N) is 3. The number of halogens is 2. The monoisotopic (exact) mass is 420 g/mol. The van der Waals surface area contributed by atoms with Gasteiger partial charge in [0, 0.05) is 40.7 Å². The summed E-state index contributed by atoms with van der Waals surface area (Å²) in [6.45, 7) is 0.846. The van der Waals surface area contributed by atoms with Crippen LogP contribution in [0, 0.1) is 5.92 Å². The number of carbonyl (C=O) groups is 2. The fourth-order valence-corrected chi connectivity index (χ4v) is 4.62. The minimum Gasteiger partial charge on any atom is -0.339 e. The predicted molar refractivity (Wildman–Crippen MR) is 108 cm³/mol. The average molecular weight is 421 g/mol. The van der Waals surface area contributed by atoms with E-state index >= 15 is 0 Å². The van der Waals surface area contributed by atoms with Crippen molar-refractivity contribution in [1.82, 2.24) is 14.7 Å². The van der Waals surface area contributed by atoms with Gasteiger partial charge >= 0.3 is 0 Å². The zero-order valence-electron chi connectivity index (χ0n) is 15.4. The van der Waals surface area contributed by atoms with E-state index in [1.54, 1.807) is 35.1 Å². The first-order chi connectivity index (χ1) is 13.5. The maximum atomic E-state index is 12.8. The fourth-order valence-electron chi connectivity index (χ4n) is 4.10. The van der Waals surface area contributed by atoms with E-state index in [2.05, 4.69) is 10.4 Å². The quantitative estimate of drug-likeness (QED) is 0.795. The summed E-state index contributed by atoms with van der Waals surface area (Å²) in [7, 11) is 0. The van der Waals surface area contributed by atoms with E-state index < -0.39 is 0 Å². The van der Waals surface area contributed by atoms with Gasteiger partial charge in [-0.05, 0) is 25.0 Å². The number of anilines is 1. The Labute approximate surface area is 173 Å². The van der Waals surface area contributed by atoms with E-state index in [4.69, 9.17) is 23.2 Å². The molecule has 2 aromatic rings. The third kappa shape index (κ3) is 3.89. The zero-order valence-corrected chi connectivity index (χ0v) is 16.9. The number of benzene rings is 1. The van der Waals surface area contributed by atoms with Gasteiger partial charge in [-0.15, -0.1) is 0 Å². The molecule has 2 amide bonds. The van der Waals surface area contributed by atoms with E-state index in [0.29, 0.717) is 35.0 Å². The zero-order chi connectivity index (χ0) is 19.7. The van der Waals surface area contributed by atoms with Crippen LogP contribution in [0.25, 0.3) is 0 Å². The number of hydrogen-bond donors (Lipinski definition) is 1. The molecule has 1 N–H and O–H groups in total. The molecule has 0 bridgehead atoms. The first-order valence-corrected chi connectivity index (χ1v) is 10.3. The first-order valence-electron chi connectivity index (χ1n) is 9.58. The Hall–Kier alpha value is -2.05. The third-order valence-electron chi connectivity index (χ3n) is 5.63. The molecule has 0 radical (unpaired) electrons. The van der Waals surface area contributed by atoms with Crippen molar-refractivity contribution in [3.05, 3.63) is 46.1 Å². The van der Waals surface area contributed by atoms with Crippen LogP contribution in [0.3, 0.4) is 0 Å². The van der Waals surface area contributed by atoms with Crippen molar-refractivity contribution < 1.29 is 9.59 Å². The Morgan fingerprint density at radius 2 is 1.89 bits per heavy atom. The molecule has 2 heterocycles. The Balaban J connectivity index is 1.43. The summed E-state index contributed by atoms with van der Waals surface area (Å²) < 4.78 is 1.65. The van der Waals surface area contributed by atoms with Gasteiger partial charge in [-0.3, -0.25) is 9.59 Å². The third-order valence-corrected chi connectivity index (χ3v) is 6.34. The molecular formula is C20H22Cl2N4O2. The van der Waals surface area contributed by atoms with Crippen molar-refractivity contribution in [1.29, 1.82) is 0 Å². The van der Waals surface area contributed by atoms with Crippen molar-refractivity contribution in [2.45, 2.75) is 44.7 Å². The van der Waals surface area contributed by atoms with Crippen molar-refractivity contribution in [3.63, 3.8) is 0 Å². The molecule has 1 unspecified atom stereocenters. The SMILES string of the molecule is O=C(Nc1ccnn1Cc1c(Cl)cccc1Cl)C1CC(=O)N(C2CCCC2)C1. The second kappa shape index (κ2) is 8.13. The summed E-state index contributed by atoms with van der Waals surface area (Å²) in [5.41, 5.74) is 0.744. The highest BCUT2D eigenvalue weighted by molar-refractivity contribution is 6.36. The van der Waals surface area contributed by atoms with Gasteiger partial charge in [0.2, 0.25) is 11.8 Å². The van der Waals surface area contributed by atoms with Crippen LogP contribution in [-0.4, -0.2) is 39.1 Å². The lowest BCUT2D eigenvalue weighted by molar-refractivity contribution is -0.129. The normalized spacial score (nSPS) is 20.1. The van der Waals surface area contributed by atoms with Gasteiger partial charge in [0.05, 0.1) is 18.7 Å². The molecule has 1 atom stereocenters. The van der Waals surface area contributed by atoms with Crippen LogP contribution >= 0.6 is 23.2 Å². The summed E-state index contributed by atoms with van der Waals surface area (Å²) >= 11 is 12.5. The second-order valence-electron chi connectivity index (χ2n) is 7.45. The molecule has 2 fully saturated rings. The highest BCUT2D eigenvalue weighted by atomic mass is 35.5. The van der Waals surface area contributed by atoms with Gasteiger partial charge in [0.25, 0.3) is 0 Å². The molecule has 148 valence electrons. The number of likely N-dealkylation sites (tertiary alicyclic amines) is 1. The summed E-state index contributed by atoms with van der Waals surface area (Å²) in [4.78, 5) is 27.0. The van der Waals surface area contributed by atoms with Crippen molar-refractivity contribution in [2.75, 3.05) is 11.9 Å². The Morgan fingerprint density at radius 1 is 1.18 bits per heavy atom. The summed E-state index contributed by atoms with van der Waals surface area (Å²) in [6.07, 6.45) is 6.30. The lowest BCUT2D eigenvalue weighted by Crippen LogP contribution is -2.35. The largest absolute Gasteiger partial charge is 0.339 e. The Kier molecular flexibility index (Phi) is 5.60. The minimum atomic E-state index is -0.333. The molecule has 0 spiro atoms. The van der Waals surface area contributed by atoms with Crippen LogP contribution in [0.2, 0.25) is 10.0 Å². The number of amides is 2. The molecular weight excluding hydrogens is 399 g/mol. The smallest absolute Gasteiger partial charge is 0.230 e. The van der Waals surface area contributed by atoms with Crippen LogP contribution in [0.1, 0.15) is 37.7 Å². The van der Waals surface area contributed by atoms with E-state index in [-0.39, 0.29) is 24.2 Å². The summed E-state index contributed by atoms with van der Waals surface area (Å²) in [5, 5.41) is 8.29. The second-order valence-corrected chi connectivity index (χ2v) is 8.26. The molecule has 1 aromatic heterocycles. The first kappa shape index (κ1) is 19.3.